The third-order valence-electron chi connectivity index (χ3n) is 3.45. The highest BCUT2D eigenvalue weighted by Crippen LogP contribution is 2.31. The number of benzene rings is 1. The van der Waals surface area contributed by atoms with Crippen molar-refractivity contribution in [2.75, 3.05) is 31.5 Å². The molecule has 0 fully saturated rings. The number of hydrogen-bond donors (Lipinski definition) is 1. The van der Waals surface area contributed by atoms with Crippen LogP contribution in [0.1, 0.15) is 24.8 Å². The van der Waals surface area contributed by atoms with E-state index in [1.165, 1.54) is 17.7 Å². The standard InChI is InChI=1S/C15H20N2/c1-3-11-17(4-2)12-13-9-10-16-15-8-6-5-7-14(13)15/h1,5-8,13,16H,4,9-12H2,2H3. The van der Waals surface area contributed by atoms with Gasteiger partial charge < -0.3 is 5.32 Å². The van der Waals surface area contributed by atoms with E-state index in [4.69, 9.17) is 6.42 Å². The Bertz CT molecular complexity index is 406. The van der Waals surface area contributed by atoms with Crippen LogP contribution >= 0.6 is 0 Å². The van der Waals surface area contributed by atoms with Crippen LogP contribution in [-0.2, 0) is 0 Å². The highest BCUT2D eigenvalue weighted by molar-refractivity contribution is 5.54. The summed E-state index contributed by atoms with van der Waals surface area (Å²) in [6.07, 6.45) is 6.59. The summed E-state index contributed by atoms with van der Waals surface area (Å²) in [7, 11) is 0. The average Bonchev–Trinajstić information content (AvgIpc) is 2.38. The molecule has 2 heteroatoms. The predicted octanol–water partition coefficient (Wildman–Crippen LogP) is 2.54. The van der Waals surface area contributed by atoms with E-state index >= 15 is 0 Å². The van der Waals surface area contributed by atoms with Gasteiger partial charge >= 0.3 is 0 Å². The summed E-state index contributed by atoms with van der Waals surface area (Å²) in [4.78, 5) is 2.34. The first-order valence-electron chi connectivity index (χ1n) is 6.33. The van der Waals surface area contributed by atoms with Crippen LogP contribution in [0.25, 0.3) is 0 Å². The van der Waals surface area contributed by atoms with Crippen LogP contribution in [0.5, 0.6) is 0 Å². The summed E-state index contributed by atoms with van der Waals surface area (Å²) < 4.78 is 0. The molecule has 0 spiro atoms. The minimum absolute atomic E-state index is 0.612. The van der Waals surface area contributed by atoms with Crippen molar-refractivity contribution in [3.8, 4) is 12.3 Å². The van der Waals surface area contributed by atoms with Crippen LogP contribution in [0.2, 0.25) is 0 Å². The summed E-state index contributed by atoms with van der Waals surface area (Å²) in [6, 6.07) is 8.61. The van der Waals surface area contributed by atoms with Gasteiger partial charge in [0.15, 0.2) is 0 Å². The number of hydrogen-bond acceptors (Lipinski definition) is 2. The fourth-order valence-corrected chi connectivity index (χ4v) is 2.49. The van der Waals surface area contributed by atoms with Crippen molar-refractivity contribution >= 4 is 5.69 Å². The van der Waals surface area contributed by atoms with Crippen LogP contribution < -0.4 is 5.32 Å². The Labute approximate surface area is 104 Å². The Hall–Kier alpha value is -1.46. The minimum atomic E-state index is 0.612. The molecule has 17 heavy (non-hydrogen) atoms. The highest BCUT2D eigenvalue weighted by atomic mass is 15.1. The molecular formula is C15H20N2. The van der Waals surface area contributed by atoms with E-state index in [0.717, 1.165) is 26.2 Å². The summed E-state index contributed by atoms with van der Waals surface area (Å²) in [6.45, 7) is 6.08. The van der Waals surface area contributed by atoms with Crippen LogP contribution in [-0.4, -0.2) is 31.1 Å². The molecule has 0 radical (unpaired) electrons. The summed E-state index contributed by atoms with van der Waals surface area (Å²) in [5.74, 6) is 3.35. The Balaban J connectivity index is 2.10. The predicted molar refractivity (Wildman–Crippen MR) is 73.2 cm³/mol. The number of para-hydroxylation sites is 1. The van der Waals surface area contributed by atoms with E-state index in [9.17, 15) is 0 Å². The number of rotatable bonds is 4. The van der Waals surface area contributed by atoms with Gasteiger partial charge in [-0.15, -0.1) is 6.42 Å². The molecule has 1 unspecified atom stereocenters. The molecule has 1 aliphatic heterocycles. The van der Waals surface area contributed by atoms with Crippen molar-refractivity contribution in [2.45, 2.75) is 19.3 Å². The Morgan fingerprint density at radius 1 is 1.47 bits per heavy atom. The van der Waals surface area contributed by atoms with Gasteiger partial charge in [-0.2, -0.15) is 0 Å². The average molecular weight is 228 g/mol. The lowest BCUT2D eigenvalue weighted by Crippen LogP contribution is -2.31. The SMILES string of the molecule is C#CCN(CC)CC1CCNc2ccccc21. The van der Waals surface area contributed by atoms with Gasteiger partial charge in [0.1, 0.15) is 0 Å². The molecule has 1 N–H and O–H groups in total. The lowest BCUT2D eigenvalue weighted by atomic mass is 9.90. The number of anilines is 1. The quantitative estimate of drug-likeness (QED) is 0.797. The number of likely N-dealkylation sites (N-methyl/N-ethyl adjacent to an activating group) is 1. The molecule has 90 valence electrons. The smallest absolute Gasteiger partial charge is 0.0599 e. The van der Waals surface area contributed by atoms with Gasteiger partial charge in [-0.25, -0.2) is 0 Å². The fraction of sp³-hybridized carbons (Fsp3) is 0.467. The fourth-order valence-electron chi connectivity index (χ4n) is 2.49. The monoisotopic (exact) mass is 228 g/mol. The number of fused-ring (bicyclic) bond motifs is 1. The molecule has 0 aliphatic carbocycles. The zero-order valence-electron chi connectivity index (χ0n) is 10.4. The van der Waals surface area contributed by atoms with E-state index in [1.807, 2.05) is 0 Å². The molecule has 1 aliphatic rings. The molecule has 2 nitrogen and oxygen atoms in total. The van der Waals surface area contributed by atoms with Crippen molar-refractivity contribution in [1.29, 1.82) is 0 Å². The maximum Gasteiger partial charge on any atom is 0.0599 e. The van der Waals surface area contributed by atoms with Gasteiger partial charge in [-0.05, 0) is 24.6 Å². The van der Waals surface area contributed by atoms with Gasteiger partial charge in [0.05, 0.1) is 6.54 Å². The van der Waals surface area contributed by atoms with Gasteiger partial charge in [-0.1, -0.05) is 31.0 Å². The summed E-state index contributed by atoms with van der Waals surface area (Å²) in [5, 5.41) is 3.46. The third kappa shape index (κ3) is 2.81. The second-order valence-electron chi connectivity index (χ2n) is 4.53. The second kappa shape index (κ2) is 5.75. The van der Waals surface area contributed by atoms with Crippen molar-refractivity contribution in [1.82, 2.24) is 4.90 Å². The summed E-state index contributed by atoms with van der Waals surface area (Å²) in [5.41, 5.74) is 2.73. The lowest BCUT2D eigenvalue weighted by molar-refractivity contribution is 0.295. The van der Waals surface area contributed by atoms with E-state index in [1.54, 1.807) is 0 Å². The third-order valence-corrected chi connectivity index (χ3v) is 3.45. The van der Waals surface area contributed by atoms with Gasteiger partial charge in [0.2, 0.25) is 0 Å². The van der Waals surface area contributed by atoms with E-state index in [0.29, 0.717) is 5.92 Å². The first kappa shape index (κ1) is 12.0. The molecule has 0 amide bonds. The van der Waals surface area contributed by atoms with Crippen LogP contribution in [0, 0.1) is 12.3 Å². The summed E-state index contributed by atoms with van der Waals surface area (Å²) >= 11 is 0. The second-order valence-corrected chi connectivity index (χ2v) is 4.53. The van der Waals surface area contributed by atoms with Gasteiger partial charge in [0.25, 0.3) is 0 Å². The molecule has 0 bridgehead atoms. The van der Waals surface area contributed by atoms with E-state index < -0.39 is 0 Å². The Morgan fingerprint density at radius 3 is 3.06 bits per heavy atom. The molecule has 0 saturated carbocycles. The first-order chi connectivity index (χ1) is 8.35. The molecule has 1 aromatic rings. The highest BCUT2D eigenvalue weighted by Gasteiger charge is 2.21. The molecule has 2 rings (SSSR count). The Kier molecular flexibility index (Phi) is 4.06. The van der Waals surface area contributed by atoms with E-state index in [2.05, 4.69) is 47.3 Å². The molecule has 0 aromatic heterocycles. The van der Waals surface area contributed by atoms with Crippen LogP contribution in [0.3, 0.4) is 0 Å². The molecule has 1 heterocycles. The molecular weight excluding hydrogens is 208 g/mol. The number of terminal acetylenes is 1. The van der Waals surface area contributed by atoms with E-state index in [-0.39, 0.29) is 0 Å². The maximum absolute atomic E-state index is 5.40. The largest absolute Gasteiger partial charge is 0.385 e. The first-order valence-corrected chi connectivity index (χ1v) is 6.33. The number of nitrogens with one attached hydrogen (secondary N) is 1. The molecule has 1 atom stereocenters. The zero-order valence-corrected chi connectivity index (χ0v) is 10.4. The van der Waals surface area contributed by atoms with Crippen molar-refractivity contribution in [3.05, 3.63) is 29.8 Å². The number of nitrogens with zero attached hydrogens (tertiary/aromatic N) is 1. The maximum atomic E-state index is 5.40. The molecule has 1 aromatic carbocycles. The van der Waals surface area contributed by atoms with Crippen molar-refractivity contribution in [2.24, 2.45) is 0 Å². The van der Waals surface area contributed by atoms with Crippen molar-refractivity contribution in [3.63, 3.8) is 0 Å². The zero-order chi connectivity index (χ0) is 12.1. The minimum Gasteiger partial charge on any atom is -0.385 e. The topological polar surface area (TPSA) is 15.3 Å². The normalized spacial score (nSPS) is 18.3. The Morgan fingerprint density at radius 2 is 2.29 bits per heavy atom. The van der Waals surface area contributed by atoms with Gasteiger partial charge in [-0.3, -0.25) is 4.90 Å². The molecule has 0 saturated heterocycles. The van der Waals surface area contributed by atoms with Crippen LogP contribution in [0.4, 0.5) is 5.69 Å². The van der Waals surface area contributed by atoms with Gasteiger partial charge in [0, 0.05) is 24.7 Å². The van der Waals surface area contributed by atoms with Crippen LogP contribution in [0.15, 0.2) is 24.3 Å². The van der Waals surface area contributed by atoms with Crippen molar-refractivity contribution < 1.29 is 0 Å². The lowest BCUT2D eigenvalue weighted by Gasteiger charge is -2.30.